The van der Waals surface area contributed by atoms with Crippen LogP contribution in [-0.4, -0.2) is 30.2 Å². The van der Waals surface area contributed by atoms with E-state index in [0.29, 0.717) is 11.3 Å². The molecule has 1 aliphatic rings. The quantitative estimate of drug-likeness (QED) is 0.805. The van der Waals surface area contributed by atoms with Crippen molar-refractivity contribution in [3.05, 3.63) is 71.5 Å². The Morgan fingerprint density at radius 3 is 2.77 bits per heavy atom. The highest BCUT2D eigenvalue weighted by molar-refractivity contribution is 6.04. The Hall–Kier alpha value is -3.22. The summed E-state index contributed by atoms with van der Waals surface area (Å²) in [5, 5.41) is 6.28. The number of nitrogens with zero attached hydrogens (tertiary/aromatic N) is 1. The number of carbonyl (C=O) groups excluding carboxylic acids is 2. The van der Waals surface area contributed by atoms with E-state index in [0.717, 1.165) is 5.56 Å². The molecule has 0 bridgehead atoms. The first-order valence-corrected chi connectivity index (χ1v) is 8.08. The summed E-state index contributed by atoms with van der Waals surface area (Å²) in [5.74, 6) is -1.41. The molecule has 0 aromatic heterocycles. The Bertz CT molecular complexity index is 823. The van der Waals surface area contributed by atoms with Crippen LogP contribution >= 0.6 is 0 Å². The Morgan fingerprint density at radius 1 is 1.19 bits per heavy atom. The zero-order valence-corrected chi connectivity index (χ0v) is 13.9. The third-order valence-corrected chi connectivity index (χ3v) is 3.77. The van der Waals surface area contributed by atoms with Crippen molar-refractivity contribution in [1.82, 2.24) is 5.32 Å². The first kappa shape index (κ1) is 17.6. The van der Waals surface area contributed by atoms with Crippen LogP contribution in [0.2, 0.25) is 0 Å². The summed E-state index contributed by atoms with van der Waals surface area (Å²) in [5.41, 5.74) is 1.90. The van der Waals surface area contributed by atoms with Crippen LogP contribution in [0, 0.1) is 5.82 Å². The molecule has 134 valence electrons. The molecule has 0 saturated carbocycles. The molecule has 0 saturated heterocycles. The van der Waals surface area contributed by atoms with Crippen molar-refractivity contribution in [3.63, 3.8) is 0 Å². The number of carbonyl (C=O) groups is 2. The average Bonchev–Trinajstić information content (AvgIpc) is 3.15. The zero-order chi connectivity index (χ0) is 18.4. The van der Waals surface area contributed by atoms with E-state index in [9.17, 15) is 14.0 Å². The molecule has 3 rings (SSSR count). The predicted octanol–water partition coefficient (Wildman–Crippen LogP) is 2.18. The Morgan fingerprint density at radius 2 is 2.00 bits per heavy atom. The number of amides is 1. The second-order valence-corrected chi connectivity index (χ2v) is 5.71. The van der Waals surface area contributed by atoms with E-state index in [1.54, 1.807) is 12.1 Å². The summed E-state index contributed by atoms with van der Waals surface area (Å²) in [6.45, 7) is -0.122. The Labute approximate surface area is 149 Å². The van der Waals surface area contributed by atoms with Gasteiger partial charge in [0.05, 0.1) is 5.71 Å². The van der Waals surface area contributed by atoms with E-state index in [4.69, 9.17) is 9.57 Å². The van der Waals surface area contributed by atoms with Gasteiger partial charge in [-0.1, -0.05) is 47.6 Å². The number of halogens is 1. The lowest BCUT2D eigenvalue weighted by molar-refractivity contribution is -0.146. The SMILES string of the molecule is O=C(CNC(=O)[C@H]1CC(c2cccc(F)c2)=NO1)OCc1ccccc1. The third kappa shape index (κ3) is 4.66. The van der Waals surface area contributed by atoms with E-state index < -0.39 is 18.0 Å². The molecule has 0 aliphatic carbocycles. The first-order chi connectivity index (χ1) is 12.6. The van der Waals surface area contributed by atoms with Crippen LogP contribution in [0.4, 0.5) is 4.39 Å². The van der Waals surface area contributed by atoms with Gasteiger partial charge in [-0.3, -0.25) is 9.59 Å². The number of esters is 1. The van der Waals surface area contributed by atoms with Gasteiger partial charge in [-0.15, -0.1) is 0 Å². The van der Waals surface area contributed by atoms with Crippen molar-refractivity contribution >= 4 is 17.6 Å². The second kappa shape index (κ2) is 8.24. The minimum Gasteiger partial charge on any atom is -0.460 e. The first-order valence-electron chi connectivity index (χ1n) is 8.08. The monoisotopic (exact) mass is 356 g/mol. The smallest absolute Gasteiger partial charge is 0.325 e. The third-order valence-electron chi connectivity index (χ3n) is 3.77. The van der Waals surface area contributed by atoms with Crippen molar-refractivity contribution < 1.29 is 23.6 Å². The van der Waals surface area contributed by atoms with Gasteiger partial charge in [0.25, 0.3) is 5.91 Å². The fourth-order valence-electron chi connectivity index (χ4n) is 2.42. The molecule has 2 aromatic carbocycles. The summed E-state index contributed by atoms with van der Waals surface area (Å²) in [4.78, 5) is 28.9. The van der Waals surface area contributed by atoms with Gasteiger partial charge in [0.2, 0.25) is 6.10 Å². The van der Waals surface area contributed by atoms with E-state index in [1.807, 2.05) is 30.3 Å². The van der Waals surface area contributed by atoms with Crippen molar-refractivity contribution in [2.24, 2.45) is 5.16 Å². The molecule has 0 fully saturated rings. The fraction of sp³-hybridized carbons (Fsp3) is 0.211. The van der Waals surface area contributed by atoms with E-state index in [2.05, 4.69) is 10.5 Å². The largest absolute Gasteiger partial charge is 0.460 e. The molecule has 0 unspecified atom stereocenters. The molecule has 6 nitrogen and oxygen atoms in total. The molecule has 1 aliphatic heterocycles. The van der Waals surface area contributed by atoms with E-state index >= 15 is 0 Å². The standard InChI is InChI=1S/C19H17FN2O4/c20-15-8-4-7-14(9-15)16-10-17(26-22-16)19(24)21-11-18(23)25-12-13-5-2-1-3-6-13/h1-9,17H,10-12H2,(H,21,24)/t17-/m1/s1. The molecule has 0 spiro atoms. The maximum absolute atomic E-state index is 13.3. The lowest BCUT2D eigenvalue weighted by atomic mass is 10.0. The zero-order valence-electron chi connectivity index (χ0n) is 13.9. The highest BCUT2D eigenvalue weighted by Gasteiger charge is 2.29. The molecular formula is C19H17FN2O4. The number of oxime groups is 1. The van der Waals surface area contributed by atoms with Crippen molar-refractivity contribution in [2.45, 2.75) is 19.1 Å². The molecule has 7 heteroatoms. The normalized spacial score (nSPS) is 15.7. The molecule has 1 N–H and O–H groups in total. The van der Waals surface area contributed by atoms with Gasteiger partial charge in [0, 0.05) is 12.0 Å². The van der Waals surface area contributed by atoms with Crippen LogP contribution in [0.25, 0.3) is 0 Å². The molecule has 2 aromatic rings. The highest BCUT2D eigenvalue weighted by atomic mass is 19.1. The second-order valence-electron chi connectivity index (χ2n) is 5.71. The van der Waals surface area contributed by atoms with Gasteiger partial charge in [0.15, 0.2) is 0 Å². The van der Waals surface area contributed by atoms with Crippen LogP contribution in [0.1, 0.15) is 17.5 Å². The fourth-order valence-corrected chi connectivity index (χ4v) is 2.42. The summed E-state index contributed by atoms with van der Waals surface area (Å²) in [6.07, 6.45) is -0.649. The van der Waals surface area contributed by atoms with E-state index in [1.165, 1.54) is 12.1 Å². The Kier molecular flexibility index (Phi) is 5.58. The topological polar surface area (TPSA) is 77.0 Å². The molecule has 1 heterocycles. The van der Waals surface area contributed by atoms with Crippen LogP contribution in [0.15, 0.2) is 59.8 Å². The Balaban J connectivity index is 1.42. The summed E-state index contributed by atoms with van der Waals surface area (Å²) in [6, 6.07) is 15.1. The van der Waals surface area contributed by atoms with Gasteiger partial charge in [0.1, 0.15) is 19.0 Å². The maximum Gasteiger partial charge on any atom is 0.325 e. The lowest BCUT2D eigenvalue weighted by Crippen LogP contribution is -2.38. The van der Waals surface area contributed by atoms with Gasteiger partial charge in [-0.05, 0) is 17.7 Å². The number of nitrogens with one attached hydrogen (secondary N) is 1. The summed E-state index contributed by atoms with van der Waals surface area (Å²) >= 11 is 0. The lowest BCUT2D eigenvalue weighted by Gasteiger charge is -2.09. The maximum atomic E-state index is 13.3. The van der Waals surface area contributed by atoms with Crippen LogP contribution in [-0.2, 0) is 25.8 Å². The van der Waals surface area contributed by atoms with Crippen LogP contribution in [0.5, 0.6) is 0 Å². The van der Waals surface area contributed by atoms with Crippen LogP contribution < -0.4 is 5.32 Å². The van der Waals surface area contributed by atoms with Crippen molar-refractivity contribution in [2.75, 3.05) is 6.54 Å². The molecular weight excluding hydrogens is 339 g/mol. The number of hydrogen-bond acceptors (Lipinski definition) is 5. The van der Waals surface area contributed by atoms with Gasteiger partial charge < -0.3 is 14.9 Å². The molecule has 1 atom stereocenters. The van der Waals surface area contributed by atoms with Gasteiger partial charge in [-0.2, -0.15) is 0 Å². The highest BCUT2D eigenvalue weighted by Crippen LogP contribution is 2.17. The van der Waals surface area contributed by atoms with Gasteiger partial charge >= 0.3 is 5.97 Å². The van der Waals surface area contributed by atoms with E-state index in [-0.39, 0.29) is 25.4 Å². The molecule has 26 heavy (non-hydrogen) atoms. The molecule has 1 amide bonds. The summed E-state index contributed by atoms with van der Waals surface area (Å²) < 4.78 is 18.3. The number of benzene rings is 2. The number of ether oxygens (including phenoxy) is 1. The van der Waals surface area contributed by atoms with Crippen molar-refractivity contribution in [3.8, 4) is 0 Å². The minimum absolute atomic E-state index is 0.141. The van der Waals surface area contributed by atoms with Gasteiger partial charge in [-0.25, -0.2) is 4.39 Å². The van der Waals surface area contributed by atoms with Crippen LogP contribution in [0.3, 0.4) is 0 Å². The molecule has 0 radical (unpaired) electrons. The predicted molar refractivity (Wildman–Crippen MR) is 91.7 cm³/mol. The minimum atomic E-state index is -0.852. The number of rotatable bonds is 6. The van der Waals surface area contributed by atoms with Crippen molar-refractivity contribution in [1.29, 1.82) is 0 Å². The number of hydrogen-bond donors (Lipinski definition) is 1. The summed E-state index contributed by atoms with van der Waals surface area (Å²) in [7, 11) is 0. The average molecular weight is 356 g/mol.